The van der Waals surface area contributed by atoms with Crippen LogP contribution in [-0.4, -0.2) is 21.0 Å². The lowest BCUT2D eigenvalue weighted by molar-refractivity contribution is 0.0690. The molecule has 2 aromatic heterocycles. The van der Waals surface area contributed by atoms with E-state index in [-0.39, 0.29) is 11.8 Å². The van der Waals surface area contributed by atoms with Gasteiger partial charge in [-0.1, -0.05) is 0 Å². The first-order chi connectivity index (χ1) is 7.65. The molecule has 2 aromatic rings. The highest BCUT2D eigenvalue weighted by Crippen LogP contribution is 2.19. The number of hydrogen-bond donors (Lipinski definition) is 1. The van der Waals surface area contributed by atoms with Crippen molar-refractivity contribution in [3.05, 3.63) is 36.0 Å². The van der Waals surface area contributed by atoms with Crippen LogP contribution < -0.4 is 4.74 Å². The van der Waals surface area contributed by atoms with Gasteiger partial charge in [-0.05, 0) is 19.1 Å². The fourth-order valence-electron chi connectivity index (χ4n) is 1.02. The van der Waals surface area contributed by atoms with Crippen molar-refractivity contribution in [1.29, 1.82) is 0 Å². The average Bonchev–Trinajstić information content (AvgIpc) is 2.70. The zero-order chi connectivity index (χ0) is 11.5. The van der Waals surface area contributed by atoms with Crippen LogP contribution in [0.2, 0.25) is 0 Å². The molecule has 6 nitrogen and oxygen atoms in total. The van der Waals surface area contributed by atoms with Crippen molar-refractivity contribution in [1.82, 2.24) is 9.97 Å². The summed E-state index contributed by atoms with van der Waals surface area (Å²) in [6, 6.07) is 3.45. The summed E-state index contributed by atoms with van der Waals surface area (Å²) < 4.78 is 9.98. The van der Waals surface area contributed by atoms with Crippen molar-refractivity contribution >= 4 is 5.97 Å². The number of aryl methyl sites for hydroxylation is 1. The summed E-state index contributed by atoms with van der Waals surface area (Å²) in [5.41, 5.74) is 0.654. The lowest BCUT2D eigenvalue weighted by atomic mass is 10.4. The molecule has 6 heteroatoms. The van der Waals surface area contributed by atoms with Gasteiger partial charge < -0.3 is 14.3 Å². The van der Waals surface area contributed by atoms with Gasteiger partial charge in [0.1, 0.15) is 6.26 Å². The second kappa shape index (κ2) is 4.01. The van der Waals surface area contributed by atoms with Crippen LogP contribution in [0.15, 0.2) is 29.0 Å². The highest BCUT2D eigenvalue weighted by molar-refractivity contribution is 5.84. The number of nitrogens with zero attached hydrogens (tertiary/aromatic N) is 2. The quantitative estimate of drug-likeness (QED) is 0.849. The van der Waals surface area contributed by atoms with Gasteiger partial charge in [-0.25, -0.2) is 4.79 Å². The van der Waals surface area contributed by atoms with Crippen LogP contribution in [0.3, 0.4) is 0 Å². The number of rotatable bonds is 3. The van der Waals surface area contributed by atoms with Crippen LogP contribution in [0.4, 0.5) is 0 Å². The van der Waals surface area contributed by atoms with E-state index in [1.54, 1.807) is 12.1 Å². The predicted molar refractivity (Wildman–Crippen MR) is 52.5 cm³/mol. The van der Waals surface area contributed by atoms with Crippen LogP contribution in [0.5, 0.6) is 11.8 Å². The first-order valence-corrected chi connectivity index (χ1v) is 4.44. The van der Waals surface area contributed by atoms with Crippen LogP contribution in [0, 0.1) is 6.92 Å². The van der Waals surface area contributed by atoms with E-state index >= 15 is 0 Å². The van der Waals surface area contributed by atoms with E-state index in [0.717, 1.165) is 12.0 Å². The summed E-state index contributed by atoms with van der Waals surface area (Å²) in [6.07, 6.45) is 2.39. The Morgan fingerprint density at radius 1 is 1.50 bits per heavy atom. The normalized spacial score (nSPS) is 10.1. The minimum Gasteiger partial charge on any atom is -0.476 e. The van der Waals surface area contributed by atoms with Crippen molar-refractivity contribution in [2.45, 2.75) is 6.92 Å². The maximum Gasteiger partial charge on any atom is 0.399 e. The number of aromatic carboxylic acids is 1. The zero-order valence-corrected chi connectivity index (χ0v) is 8.38. The fourth-order valence-corrected chi connectivity index (χ4v) is 1.02. The summed E-state index contributed by atoms with van der Waals surface area (Å²) in [5.74, 6) is -0.731. The Balaban J connectivity index is 2.14. The first kappa shape index (κ1) is 10.2. The maximum absolute atomic E-state index is 10.5. The van der Waals surface area contributed by atoms with Gasteiger partial charge >= 0.3 is 12.0 Å². The minimum atomic E-state index is -1.17. The highest BCUT2D eigenvalue weighted by atomic mass is 16.6. The number of hydrogen-bond acceptors (Lipinski definition) is 5. The van der Waals surface area contributed by atoms with Crippen molar-refractivity contribution in [3.63, 3.8) is 0 Å². The van der Waals surface area contributed by atoms with Crippen molar-refractivity contribution in [3.8, 4) is 11.8 Å². The molecular weight excluding hydrogens is 212 g/mol. The Labute approximate surface area is 90.5 Å². The smallest absolute Gasteiger partial charge is 0.399 e. The van der Waals surface area contributed by atoms with Gasteiger partial charge in [-0.15, -0.1) is 0 Å². The number of oxazole rings is 1. The molecule has 0 unspecified atom stereocenters. The highest BCUT2D eigenvalue weighted by Gasteiger charge is 2.11. The molecule has 0 saturated heterocycles. The van der Waals surface area contributed by atoms with Gasteiger partial charge in [-0.2, -0.15) is 4.98 Å². The first-order valence-electron chi connectivity index (χ1n) is 4.44. The molecule has 0 radical (unpaired) electrons. The van der Waals surface area contributed by atoms with Gasteiger partial charge in [-0.3, -0.25) is 4.98 Å². The molecule has 1 N–H and O–H groups in total. The topological polar surface area (TPSA) is 85.5 Å². The molecule has 0 amide bonds. The molecule has 0 atom stereocenters. The molecule has 82 valence electrons. The molecule has 0 spiro atoms. The van der Waals surface area contributed by atoms with Crippen LogP contribution in [0.25, 0.3) is 0 Å². The summed E-state index contributed by atoms with van der Waals surface area (Å²) >= 11 is 0. The van der Waals surface area contributed by atoms with Gasteiger partial charge in [0.05, 0.1) is 6.20 Å². The molecule has 2 heterocycles. The second-order valence-electron chi connectivity index (χ2n) is 3.04. The zero-order valence-electron chi connectivity index (χ0n) is 8.38. The van der Waals surface area contributed by atoms with Gasteiger partial charge in [0.25, 0.3) is 0 Å². The molecule has 0 fully saturated rings. The molecule has 0 aromatic carbocycles. The van der Waals surface area contributed by atoms with E-state index in [0.29, 0.717) is 5.75 Å². The third-order valence-corrected chi connectivity index (χ3v) is 1.79. The van der Waals surface area contributed by atoms with Crippen LogP contribution >= 0.6 is 0 Å². The Bertz CT molecular complexity index is 504. The Kier molecular flexibility index (Phi) is 2.55. The van der Waals surface area contributed by atoms with Gasteiger partial charge in [0.15, 0.2) is 11.4 Å². The molecule has 0 bridgehead atoms. The largest absolute Gasteiger partial charge is 0.476 e. The molecule has 16 heavy (non-hydrogen) atoms. The number of aromatic nitrogens is 2. The molecule has 0 aliphatic heterocycles. The summed E-state index contributed by atoms with van der Waals surface area (Å²) in [4.78, 5) is 18.1. The maximum atomic E-state index is 10.5. The molecular formula is C10H8N2O4. The van der Waals surface area contributed by atoms with Crippen LogP contribution in [-0.2, 0) is 0 Å². The van der Waals surface area contributed by atoms with Crippen LogP contribution in [0.1, 0.15) is 16.2 Å². The van der Waals surface area contributed by atoms with Crippen molar-refractivity contribution in [2.75, 3.05) is 0 Å². The second-order valence-corrected chi connectivity index (χ2v) is 3.04. The molecule has 0 saturated carbocycles. The van der Waals surface area contributed by atoms with E-state index in [1.807, 2.05) is 6.92 Å². The Morgan fingerprint density at radius 3 is 2.88 bits per heavy atom. The summed E-state index contributed by atoms with van der Waals surface area (Å²) in [6.45, 7) is 1.84. The number of carboxylic acid groups (broad SMARTS) is 1. The summed E-state index contributed by atoms with van der Waals surface area (Å²) in [7, 11) is 0. The molecule has 2 rings (SSSR count). The monoisotopic (exact) mass is 220 g/mol. The van der Waals surface area contributed by atoms with Crippen molar-refractivity contribution in [2.24, 2.45) is 0 Å². The van der Waals surface area contributed by atoms with E-state index in [4.69, 9.17) is 14.3 Å². The standard InChI is InChI=1S/C10H8N2O4/c1-6-2-3-7(4-11-6)16-10-12-8(5-15-10)9(13)14/h2-5H,1H3,(H,13,14). The average molecular weight is 220 g/mol. The number of carboxylic acids is 1. The lowest BCUT2D eigenvalue weighted by Gasteiger charge is -1.99. The summed E-state index contributed by atoms with van der Waals surface area (Å²) in [5, 5.41) is 8.61. The third kappa shape index (κ3) is 2.17. The van der Waals surface area contributed by atoms with E-state index in [1.165, 1.54) is 6.20 Å². The van der Waals surface area contributed by atoms with Gasteiger partial charge in [0, 0.05) is 5.69 Å². The molecule has 0 aliphatic rings. The minimum absolute atomic E-state index is 0.122. The van der Waals surface area contributed by atoms with E-state index in [9.17, 15) is 4.79 Å². The molecule has 0 aliphatic carbocycles. The Morgan fingerprint density at radius 2 is 2.31 bits per heavy atom. The predicted octanol–water partition coefficient (Wildman–Crippen LogP) is 1.87. The van der Waals surface area contributed by atoms with E-state index in [2.05, 4.69) is 9.97 Å². The third-order valence-electron chi connectivity index (χ3n) is 1.79. The fraction of sp³-hybridized carbons (Fsp3) is 0.100. The van der Waals surface area contributed by atoms with Crippen molar-refractivity contribution < 1.29 is 19.1 Å². The van der Waals surface area contributed by atoms with E-state index < -0.39 is 5.97 Å². The van der Waals surface area contributed by atoms with Gasteiger partial charge in [0.2, 0.25) is 0 Å². The number of pyridine rings is 1. The number of ether oxygens (including phenoxy) is 1. The Hall–Kier alpha value is -2.37. The number of carbonyl (C=O) groups is 1. The lowest BCUT2D eigenvalue weighted by Crippen LogP contribution is -1.95. The SMILES string of the molecule is Cc1ccc(Oc2nc(C(=O)O)co2)cn1.